The average Bonchev–Trinajstić information content (AvgIpc) is 3.18. The molecule has 1 atom stereocenters. The summed E-state index contributed by atoms with van der Waals surface area (Å²) in [5.41, 5.74) is 6.57. The summed E-state index contributed by atoms with van der Waals surface area (Å²) in [6.45, 7) is 2.08. The highest BCUT2D eigenvalue weighted by Gasteiger charge is 2.25. The van der Waals surface area contributed by atoms with Crippen LogP contribution in [0, 0.1) is 0 Å². The molecule has 1 unspecified atom stereocenters. The quantitative estimate of drug-likeness (QED) is 0.940. The van der Waals surface area contributed by atoms with Crippen molar-refractivity contribution in [1.29, 1.82) is 0 Å². The standard InChI is InChI=1S/C18H20N6/c1-13-5-3-7-18-21-16(22-24(13)18)8-9-17-20-15(12-23(17)2)14-6-4-10-19-11-14/h3-7,10-12,18H,8-9H2,1-2H3,(H,21,22). The Morgan fingerprint density at radius 1 is 1.29 bits per heavy atom. The van der Waals surface area contributed by atoms with Crippen LogP contribution in [0.5, 0.6) is 0 Å². The maximum absolute atomic E-state index is 4.75. The molecule has 6 heteroatoms. The van der Waals surface area contributed by atoms with E-state index in [1.165, 1.54) is 5.70 Å². The molecular formula is C18H20N6. The molecule has 2 aliphatic heterocycles. The van der Waals surface area contributed by atoms with Crippen molar-refractivity contribution in [2.24, 2.45) is 12.0 Å². The molecule has 0 aromatic carbocycles. The first kappa shape index (κ1) is 14.7. The van der Waals surface area contributed by atoms with E-state index < -0.39 is 0 Å². The maximum atomic E-state index is 4.75. The lowest BCUT2D eigenvalue weighted by Gasteiger charge is -2.26. The van der Waals surface area contributed by atoms with E-state index in [0.717, 1.165) is 35.8 Å². The van der Waals surface area contributed by atoms with E-state index in [0.29, 0.717) is 0 Å². The molecule has 2 aromatic rings. The molecule has 4 rings (SSSR count). The molecule has 0 spiro atoms. The number of amidine groups is 1. The zero-order valence-electron chi connectivity index (χ0n) is 13.8. The van der Waals surface area contributed by atoms with Crippen LogP contribution in [-0.2, 0) is 13.5 Å². The number of nitrogens with zero attached hydrogens (tertiary/aromatic N) is 5. The molecule has 2 aromatic heterocycles. The molecule has 2 aliphatic rings. The number of aliphatic imine (C=N–C) groups is 1. The molecule has 0 amide bonds. The molecule has 24 heavy (non-hydrogen) atoms. The van der Waals surface area contributed by atoms with Crippen LogP contribution in [0.25, 0.3) is 11.3 Å². The Kier molecular flexibility index (Phi) is 3.65. The number of nitrogens with one attached hydrogen (secondary N) is 1. The van der Waals surface area contributed by atoms with Crippen LogP contribution in [0.15, 0.2) is 59.6 Å². The van der Waals surface area contributed by atoms with Crippen molar-refractivity contribution in [3.63, 3.8) is 0 Å². The van der Waals surface area contributed by atoms with Crippen LogP contribution < -0.4 is 5.43 Å². The van der Waals surface area contributed by atoms with E-state index >= 15 is 0 Å². The first-order valence-corrected chi connectivity index (χ1v) is 8.11. The Labute approximate surface area is 141 Å². The predicted molar refractivity (Wildman–Crippen MR) is 93.9 cm³/mol. The molecular weight excluding hydrogens is 300 g/mol. The van der Waals surface area contributed by atoms with Crippen LogP contribution >= 0.6 is 0 Å². The van der Waals surface area contributed by atoms with Crippen molar-refractivity contribution in [2.45, 2.75) is 25.9 Å². The third-order valence-corrected chi connectivity index (χ3v) is 4.32. The van der Waals surface area contributed by atoms with Gasteiger partial charge in [0.2, 0.25) is 0 Å². The Hall–Kier alpha value is -2.89. The highest BCUT2D eigenvalue weighted by molar-refractivity contribution is 5.84. The number of aryl methyl sites for hydroxylation is 2. The lowest BCUT2D eigenvalue weighted by atomic mass is 10.2. The van der Waals surface area contributed by atoms with E-state index in [2.05, 4.69) is 51.3 Å². The first-order valence-electron chi connectivity index (χ1n) is 8.11. The van der Waals surface area contributed by atoms with Crippen molar-refractivity contribution in [1.82, 2.24) is 25.0 Å². The lowest BCUT2D eigenvalue weighted by Crippen LogP contribution is -2.39. The van der Waals surface area contributed by atoms with Crippen LogP contribution in [0.3, 0.4) is 0 Å². The summed E-state index contributed by atoms with van der Waals surface area (Å²) in [4.78, 5) is 13.6. The third kappa shape index (κ3) is 2.71. The summed E-state index contributed by atoms with van der Waals surface area (Å²) in [5.74, 6) is 2.05. The number of allylic oxidation sites excluding steroid dienone is 3. The topological polar surface area (TPSA) is 58.3 Å². The van der Waals surface area contributed by atoms with Gasteiger partial charge in [-0.3, -0.25) is 15.4 Å². The fraction of sp³-hybridized carbons (Fsp3) is 0.278. The Morgan fingerprint density at radius 3 is 3.00 bits per heavy atom. The van der Waals surface area contributed by atoms with Crippen molar-refractivity contribution in [2.75, 3.05) is 0 Å². The first-order chi connectivity index (χ1) is 11.7. The Balaban J connectivity index is 1.45. The SMILES string of the molecule is CC1=CC=CC2N=C(CCc3nc(-c4cccnc4)cn3C)NN12. The molecule has 122 valence electrons. The minimum atomic E-state index is 0.0809. The highest BCUT2D eigenvalue weighted by Crippen LogP contribution is 2.21. The van der Waals surface area contributed by atoms with Crippen LogP contribution in [-0.4, -0.2) is 31.5 Å². The fourth-order valence-electron chi connectivity index (χ4n) is 2.99. The molecule has 0 radical (unpaired) electrons. The van der Waals surface area contributed by atoms with E-state index in [9.17, 15) is 0 Å². The number of fused-ring (bicyclic) bond motifs is 1. The van der Waals surface area contributed by atoms with E-state index in [4.69, 9.17) is 9.98 Å². The molecule has 0 saturated heterocycles. The molecule has 0 fully saturated rings. The number of pyridine rings is 1. The van der Waals surface area contributed by atoms with Crippen LogP contribution in [0.4, 0.5) is 0 Å². The molecule has 4 heterocycles. The summed E-state index contributed by atoms with van der Waals surface area (Å²) < 4.78 is 2.08. The van der Waals surface area contributed by atoms with Crippen molar-refractivity contribution in [3.8, 4) is 11.3 Å². The number of aromatic nitrogens is 3. The lowest BCUT2D eigenvalue weighted by molar-refractivity contribution is 0.283. The van der Waals surface area contributed by atoms with Crippen LogP contribution in [0.2, 0.25) is 0 Å². The second-order valence-electron chi connectivity index (χ2n) is 6.06. The normalized spacial score (nSPS) is 18.9. The summed E-state index contributed by atoms with van der Waals surface area (Å²) in [6.07, 6.45) is 13.7. The summed E-state index contributed by atoms with van der Waals surface area (Å²) in [7, 11) is 2.03. The molecule has 0 saturated carbocycles. The van der Waals surface area contributed by atoms with Gasteiger partial charge in [0.05, 0.1) is 5.69 Å². The van der Waals surface area contributed by atoms with Gasteiger partial charge in [-0.25, -0.2) is 9.98 Å². The van der Waals surface area contributed by atoms with Crippen LogP contribution in [0.1, 0.15) is 19.2 Å². The van der Waals surface area contributed by atoms with Gasteiger partial charge in [0.1, 0.15) is 11.7 Å². The number of hydrazine groups is 1. The minimum Gasteiger partial charge on any atom is -0.337 e. The van der Waals surface area contributed by atoms with Gasteiger partial charge in [-0.05, 0) is 31.2 Å². The van der Waals surface area contributed by atoms with Crippen molar-refractivity contribution >= 4 is 5.84 Å². The smallest absolute Gasteiger partial charge is 0.160 e. The fourth-order valence-corrected chi connectivity index (χ4v) is 2.99. The summed E-state index contributed by atoms with van der Waals surface area (Å²) in [5, 5.41) is 2.09. The molecule has 1 N–H and O–H groups in total. The third-order valence-electron chi connectivity index (χ3n) is 4.32. The number of hydrogen-bond acceptors (Lipinski definition) is 5. The molecule has 0 bridgehead atoms. The zero-order chi connectivity index (χ0) is 16.5. The van der Waals surface area contributed by atoms with Gasteiger partial charge in [-0.1, -0.05) is 6.08 Å². The Bertz CT molecular complexity index is 830. The van der Waals surface area contributed by atoms with Gasteiger partial charge < -0.3 is 4.57 Å². The minimum absolute atomic E-state index is 0.0809. The summed E-state index contributed by atoms with van der Waals surface area (Å²) >= 11 is 0. The number of hydrogen-bond donors (Lipinski definition) is 1. The van der Waals surface area contributed by atoms with Crippen molar-refractivity contribution < 1.29 is 0 Å². The van der Waals surface area contributed by atoms with Gasteiger partial charge >= 0.3 is 0 Å². The average molecular weight is 320 g/mol. The van der Waals surface area contributed by atoms with Crippen molar-refractivity contribution in [3.05, 3.63) is 60.5 Å². The number of imidazole rings is 1. The summed E-state index contributed by atoms with van der Waals surface area (Å²) in [6, 6.07) is 3.96. The van der Waals surface area contributed by atoms with E-state index in [-0.39, 0.29) is 6.17 Å². The van der Waals surface area contributed by atoms with Gasteiger partial charge in [0.25, 0.3) is 0 Å². The zero-order valence-corrected chi connectivity index (χ0v) is 13.8. The monoisotopic (exact) mass is 320 g/mol. The molecule has 0 aliphatic carbocycles. The van der Waals surface area contributed by atoms with Gasteiger partial charge in [-0.2, -0.15) is 0 Å². The second-order valence-corrected chi connectivity index (χ2v) is 6.06. The molecule has 6 nitrogen and oxygen atoms in total. The van der Waals surface area contributed by atoms with E-state index in [1.807, 2.05) is 25.4 Å². The van der Waals surface area contributed by atoms with Gasteiger partial charge in [0.15, 0.2) is 6.17 Å². The van der Waals surface area contributed by atoms with Gasteiger partial charge in [-0.15, -0.1) is 0 Å². The number of rotatable bonds is 4. The van der Waals surface area contributed by atoms with E-state index in [1.54, 1.807) is 6.20 Å². The Morgan fingerprint density at radius 2 is 2.21 bits per heavy atom. The van der Waals surface area contributed by atoms with Gasteiger partial charge in [0, 0.05) is 49.7 Å². The largest absolute Gasteiger partial charge is 0.337 e. The predicted octanol–water partition coefficient (Wildman–Crippen LogP) is 2.43. The highest BCUT2D eigenvalue weighted by atomic mass is 15.6. The second kappa shape index (κ2) is 5.96. The maximum Gasteiger partial charge on any atom is 0.160 e.